The normalized spacial score (nSPS) is 11.8. The molecule has 142 valence electrons. The number of aromatic carboxylic acids is 1. The van der Waals surface area contributed by atoms with Crippen LogP contribution >= 0.6 is 0 Å². The predicted octanol–water partition coefficient (Wildman–Crippen LogP) is 3.23. The van der Waals surface area contributed by atoms with Crippen molar-refractivity contribution in [2.45, 2.75) is 25.2 Å². The molecular formula is C19H18O7S. The van der Waals surface area contributed by atoms with Gasteiger partial charge in [0.1, 0.15) is 5.58 Å². The van der Waals surface area contributed by atoms with E-state index in [2.05, 4.69) is 0 Å². The van der Waals surface area contributed by atoms with Crippen molar-refractivity contribution >= 4 is 37.7 Å². The molecule has 0 saturated heterocycles. The van der Waals surface area contributed by atoms with E-state index in [0.717, 1.165) is 0 Å². The SMILES string of the molecule is CCCOc1cc(S(=O)(=O)CC)cc2c(=O)c3cc(C(=O)O)ccc3oc12. The van der Waals surface area contributed by atoms with Crippen LogP contribution < -0.4 is 10.2 Å². The number of carboxylic acids is 1. The summed E-state index contributed by atoms with van der Waals surface area (Å²) in [6.07, 6.45) is 0.687. The molecule has 27 heavy (non-hydrogen) atoms. The van der Waals surface area contributed by atoms with Gasteiger partial charge in [-0.05, 0) is 30.7 Å². The van der Waals surface area contributed by atoms with Crippen molar-refractivity contribution in [1.82, 2.24) is 0 Å². The molecule has 0 fully saturated rings. The molecule has 7 nitrogen and oxygen atoms in total. The Morgan fingerprint density at radius 1 is 1.15 bits per heavy atom. The van der Waals surface area contributed by atoms with Gasteiger partial charge in [-0.1, -0.05) is 13.8 Å². The number of sulfone groups is 1. The van der Waals surface area contributed by atoms with Crippen molar-refractivity contribution in [3.05, 3.63) is 46.1 Å². The van der Waals surface area contributed by atoms with Crippen LogP contribution in [0.1, 0.15) is 30.6 Å². The quantitative estimate of drug-likeness (QED) is 0.643. The lowest BCUT2D eigenvalue weighted by Crippen LogP contribution is -2.09. The molecule has 0 aliphatic rings. The number of ether oxygens (including phenoxy) is 1. The van der Waals surface area contributed by atoms with Crippen molar-refractivity contribution in [3.8, 4) is 5.75 Å². The van der Waals surface area contributed by atoms with Gasteiger partial charge in [-0.25, -0.2) is 13.2 Å². The summed E-state index contributed by atoms with van der Waals surface area (Å²) in [6.45, 7) is 3.73. The van der Waals surface area contributed by atoms with E-state index in [1.165, 1.54) is 37.3 Å². The number of hydrogen-bond donors (Lipinski definition) is 1. The maximum atomic E-state index is 13.0. The average Bonchev–Trinajstić information content (AvgIpc) is 2.66. The number of carbonyl (C=O) groups is 1. The summed E-state index contributed by atoms with van der Waals surface area (Å²) in [5, 5.41) is 9.24. The topological polar surface area (TPSA) is 111 Å². The lowest BCUT2D eigenvalue weighted by molar-refractivity contribution is 0.0697. The Bertz CT molecular complexity index is 1210. The van der Waals surface area contributed by atoms with Crippen LogP contribution in [-0.2, 0) is 9.84 Å². The highest BCUT2D eigenvalue weighted by atomic mass is 32.2. The minimum Gasteiger partial charge on any atom is -0.490 e. The van der Waals surface area contributed by atoms with Gasteiger partial charge >= 0.3 is 5.97 Å². The molecule has 1 N–H and O–H groups in total. The van der Waals surface area contributed by atoms with Crippen molar-refractivity contribution in [2.75, 3.05) is 12.4 Å². The van der Waals surface area contributed by atoms with Crippen LogP contribution in [0.3, 0.4) is 0 Å². The van der Waals surface area contributed by atoms with Gasteiger partial charge in [0.15, 0.2) is 21.2 Å². The van der Waals surface area contributed by atoms with Crippen LogP contribution in [0.25, 0.3) is 21.9 Å². The van der Waals surface area contributed by atoms with E-state index < -0.39 is 21.2 Å². The van der Waals surface area contributed by atoms with Crippen LogP contribution in [0, 0.1) is 0 Å². The Balaban J connectivity index is 2.42. The molecule has 0 aliphatic heterocycles. The second-order valence-corrected chi connectivity index (χ2v) is 8.28. The van der Waals surface area contributed by atoms with Gasteiger partial charge in [0.05, 0.1) is 33.6 Å². The molecule has 1 aromatic heterocycles. The molecule has 2 aromatic carbocycles. The fourth-order valence-corrected chi connectivity index (χ4v) is 3.62. The van der Waals surface area contributed by atoms with Gasteiger partial charge in [-0.15, -0.1) is 0 Å². The van der Waals surface area contributed by atoms with Crippen molar-refractivity contribution < 1.29 is 27.5 Å². The molecule has 0 unspecified atom stereocenters. The number of hydrogen-bond acceptors (Lipinski definition) is 6. The lowest BCUT2D eigenvalue weighted by atomic mass is 10.1. The first-order valence-corrected chi connectivity index (χ1v) is 10.1. The first-order valence-electron chi connectivity index (χ1n) is 8.42. The molecular weight excluding hydrogens is 372 g/mol. The van der Waals surface area contributed by atoms with Crippen LogP contribution in [0.2, 0.25) is 0 Å². The van der Waals surface area contributed by atoms with Crippen LogP contribution in [0.5, 0.6) is 5.75 Å². The van der Waals surface area contributed by atoms with Crippen LogP contribution in [-0.4, -0.2) is 31.9 Å². The van der Waals surface area contributed by atoms with Gasteiger partial charge in [-0.2, -0.15) is 0 Å². The fourth-order valence-electron chi connectivity index (χ4n) is 2.70. The second-order valence-electron chi connectivity index (χ2n) is 6.00. The molecule has 0 radical (unpaired) electrons. The van der Waals surface area contributed by atoms with Crippen LogP contribution in [0.15, 0.2) is 44.4 Å². The summed E-state index contributed by atoms with van der Waals surface area (Å²) in [5.74, 6) is -1.14. The molecule has 1 heterocycles. The number of carboxylic acid groups (broad SMARTS) is 1. The van der Waals surface area contributed by atoms with Crippen molar-refractivity contribution in [2.24, 2.45) is 0 Å². The molecule has 0 aliphatic carbocycles. The van der Waals surface area contributed by atoms with E-state index in [1.807, 2.05) is 6.92 Å². The van der Waals surface area contributed by atoms with Gasteiger partial charge in [0, 0.05) is 6.07 Å². The second kappa shape index (κ2) is 7.03. The fraction of sp³-hybridized carbons (Fsp3) is 0.263. The highest BCUT2D eigenvalue weighted by Crippen LogP contribution is 2.31. The Morgan fingerprint density at radius 2 is 1.89 bits per heavy atom. The molecule has 3 rings (SSSR count). The smallest absolute Gasteiger partial charge is 0.335 e. The van der Waals surface area contributed by atoms with E-state index in [1.54, 1.807) is 0 Å². The number of rotatable bonds is 6. The van der Waals surface area contributed by atoms with Gasteiger partial charge < -0.3 is 14.3 Å². The summed E-state index contributed by atoms with van der Waals surface area (Å²) in [4.78, 5) is 24.1. The minimum absolute atomic E-state index is 0.0330. The monoisotopic (exact) mass is 390 g/mol. The molecule has 0 spiro atoms. The van der Waals surface area contributed by atoms with E-state index >= 15 is 0 Å². The summed E-state index contributed by atoms with van der Waals surface area (Å²) in [7, 11) is -3.58. The van der Waals surface area contributed by atoms with Crippen molar-refractivity contribution in [3.63, 3.8) is 0 Å². The molecule has 8 heteroatoms. The third-order valence-corrected chi connectivity index (χ3v) is 5.87. The first kappa shape index (κ1) is 18.9. The standard InChI is InChI=1S/C19H18O7S/c1-3-7-25-16-10-12(27(23,24)4-2)9-14-17(20)13-8-11(19(21)22)5-6-15(13)26-18(14)16/h5-6,8-10H,3-4,7H2,1-2H3,(H,21,22). The maximum absolute atomic E-state index is 13.0. The van der Waals surface area contributed by atoms with Gasteiger partial charge in [0.2, 0.25) is 5.43 Å². The summed E-state index contributed by atoms with van der Waals surface area (Å²) in [5.41, 5.74) is -0.234. The summed E-state index contributed by atoms with van der Waals surface area (Å²) < 4.78 is 36.0. The Labute approximate surface area is 155 Å². The lowest BCUT2D eigenvalue weighted by Gasteiger charge is -2.11. The Kier molecular flexibility index (Phi) is 4.93. The molecule has 3 aromatic rings. The molecule has 0 amide bonds. The van der Waals surface area contributed by atoms with Crippen LogP contribution in [0.4, 0.5) is 0 Å². The first-order chi connectivity index (χ1) is 12.8. The zero-order valence-corrected chi connectivity index (χ0v) is 15.6. The number of benzene rings is 2. The summed E-state index contributed by atoms with van der Waals surface area (Å²) in [6, 6.07) is 6.57. The zero-order chi connectivity index (χ0) is 19.8. The molecule has 0 bridgehead atoms. The Hall–Kier alpha value is -2.87. The van der Waals surface area contributed by atoms with Gasteiger partial charge in [-0.3, -0.25) is 4.79 Å². The van der Waals surface area contributed by atoms with E-state index in [9.17, 15) is 18.0 Å². The average molecular weight is 390 g/mol. The van der Waals surface area contributed by atoms with E-state index in [0.29, 0.717) is 13.0 Å². The van der Waals surface area contributed by atoms with Crippen molar-refractivity contribution in [1.29, 1.82) is 0 Å². The molecule has 0 atom stereocenters. The predicted molar refractivity (Wildman–Crippen MR) is 100 cm³/mol. The highest BCUT2D eigenvalue weighted by molar-refractivity contribution is 7.91. The zero-order valence-electron chi connectivity index (χ0n) is 14.8. The number of fused-ring (bicyclic) bond motifs is 2. The highest BCUT2D eigenvalue weighted by Gasteiger charge is 2.20. The third kappa shape index (κ3) is 3.40. The van der Waals surface area contributed by atoms with Gasteiger partial charge in [0.25, 0.3) is 0 Å². The van der Waals surface area contributed by atoms with E-state index in [-0.39, 0.29) is 43.9 Å². The minimum atomic E-state index is -3.58. The summed E-state index contributed by atoms with van der Waals surface area (Å²) >= 11 is 0. The Morgan fingerprint density at radius 3 is 2.52 bits per heavy atom. The maximum Gasteiger partial charge on any atom is 0.335 e. The third-order valence-electron chi connectivity index (χ3n) is 4.16. The van der Waals surface area contributed by atoms with E-state index in [4.69, 9.17) is 14.3 Å². The largest absolute Gasteiger partial charge is 0.490 e. The molecule has 0 saturated carbocycles.